The predicted octanol–water partition coefficient (Wildman–Crippen LogP) is 3.74. The molecule has 1 N–H and O–H groups in total. The first-order valence-corrected chi connectivity index (χ1v) is 9.45. The Morgan fingerprint density at radius 3 is 2.92 bits per heavy atom. The van der Waals surface area contributed by atoms with Crippen LogP contribution >= 0.6 is 40.1 Å². The lowest BCUT2D eigenvalue weighted by Gasteiger charge is -2.30. The van der Waals surface area contributed by atoms with Crippen molar-refractivity contribution in [3.8, 4) is 0 Å². The number of thioether (sulfide) groups is 1. The molecule has 0 saturated carbocycles. The molecule has 1 unspecified atom stereocenters. The van der Waals surface area contributed by atoms with Crippen LogP contribution in [0.3, 0.4) is 0 Å². The summed E-state index contributed by atoms with van der Waals surface area (Å²) >= 11 is 5.31. The van der Waals surface area contributed by atoms with Crippen molar-refractivity contribution in [1.29, 1.82) is 0 Å². The maximum absolute atomic E-state index is 5.44. The lowest BCUT2D eigenvalue weighted by Crippen LogP contribution is -2.44. The smallest absolute Gasteiger partial charge is 0.237 e. The van der Waals surface area contributed by atoms with Crippen LogP contribution in [0, 0.1) is 13.8 Å². The molecule has 0 radical (unpaired) electrons. The Labute approximate surface area is 161 Å². The quantitative estimate of drug-likeness (QED) is 0.741. The van der Waals surface area contributed by atoms with Crippen LogP contribution in [-0.4, -0.2) is 41.7 Å². The SMILES string of the molecule is Cc1cc(SCc2nc(C3CNCCN3C)no2)c(C)cc1Br.Cl. The molecule has 1 fully saturated rings. The van der Waals surface area contributed by atoms with Gasteiger partial charge in [-0.1, -0.05) is 21.1 Å². The first-order chi connectivity index (χ1) is 11.0. The molecule has 3 rings (SSSR count). The van der Waals surface area contributed by atoms with Crippen molar-refractivity contribution in [3.63, 3.8) is 0 Å². The van der Waals surface area contributed by atoms with E-state index >= 15 is 0 Å². The van der Waals surface area contributed by atoms with Crippen molar-refractivity contribution in [3.05, 3.63) is 39.4 Å². The van der Waals surface area contributed by atoms with E-state index in [0.717, 1.165) is 29.9 Å². The van der Waals surface area contributed by atoms with E-state index in [2.05, 4.69) is 69.3 Å². The number of aryl methyl sites for hydroxylation is 2. The lowest BCUT2D eigenvalue weighted by molar-refractivity contribution is 0.190. The van der Waals surface area contributed by atoms with Gasteiger partial charge in [0.15, 0.2) is 5.82 Å². The summed E-state index contributed by atoms with van der Waals surface area (Å²) in [6, 6.07) is 4.54. The molecule has 8 heteroatoms. The van der Waals surface area contributed by atoms with Crippen LogP contribution in [0.15, 0.2) is 26.0 Å². The molecule has 1 aromatic heterocycles. The van der Waals surface area contributed by atoms with Crippen molar-refractivity contribution in [2.45, 2.75) is 30.5 Å². The number of rotatable bonds is 4. The van der Waals surface area contributed by atoms with Crippen molar-refractivity contribution in [2.75, 3.05) is 26.7 Å². The van der Waals surface area contributed by atoms with E-state index in [4.69, 9.17) is 4.52 Å². The summed E-state index contributed by atoms with van der Waals surface area (Å²) in [7, 11) is 2.10. The van der Waals surface area contributed by atoms with Gasteiger partial charge < -0.3 is 9.84 Å². The Bertz CT molecular complexity index is 697. The molecule has 132 valence electrons. The first-order valence-electron chi connectivity index (χ1n) is 7.67. The number of likely N-dealkylation sites (N-methyl/N-ethyl adjacent to an activating group) is 1. The van der Waals surface area contributed by atoms with Gasteiger partial charge in [0.25, 0.3) is 0 Å². The number of nitrogens with one attached hydrogen (secondary N) is 1. The van der Waals surface area contributed by atoms with Crippen LogP contribution in [0.1, 0.15) is 28.9 Å². The Hall–Kier alpha value is -0.600. The second-order valence-electron chi connectivity index (χ2n) is 5.90. The Morgan fingerprint density at radius 1 is 1.38 bits per heavy atom. The molecule has 2 heterocycles. The minimum Gasteiger partial charge on any atom is -0.338 e. The fourth-order valence-corrected chi connectivity index (χ4v) is 4.01. The topological polar surface area (TPSA) is 54.2 Å². The lowest BCUT2D eigenvalue weighted by atomic mass is 10.2. The molecule has 0 aliphatic carbocycles. The molecule has 1 aromatic carbocycles. The zero-order valence-electron chi connectivity index (χ0n) is 14.0. The molecular weight excluding hydrogens is 412 g/mol. The molecule has 0 bridgehead atoms. The average molecular weight is 434 g/mol. The number of hydrogen-bond donors (Lipinski definition) is 1. The minimum absolute atomic E-state index is 0. The molecule has 1 aliphatic heterocycles. The molecule has 2 aromatic rings. The molecule has 1 atom stereocenters. The monoisotopic (exact) mass is 432 g/mol. The van der Waals surface area contributed by atoms with E-state index in [0.29, 0.717) is 11.6 Å². The standard InChI is InChI=1S/C16H21BrN4OS.ClH/c1-10-7-14(11(2)6-12(10)17)23-9-15-19-16(20-22-15)13-8-18-4-5-21(13)3;/h6-7,13,18H,4-5,8-9H2,1-3H3;1H. The third-order valence-corrected chi connectivity index (χ3v) is 6.10. The zero-order valence-corrected chi connectivity index (χ0v) is 17.2. The predicted molar refractivity (Wildman–Crippen MR) is 103 cm³/mol. The van der Waals surface area contributed by atoms with Crippen LogP contribution < -0.4 is 5.32 Å². The van der Waals surface area contributed by atoms with Crippen LogP contribution in [0.5, 0.6) is 0 Å². The molecule has 1 saturated heterocycles. The zero-order chi connectivity index (χ0) is 16.4. The van der Waals surface area contributed by atoms with Crippen molar-refractivity contribution < 1.29 is 4.52 Å². The summed E-state index contributed by atoms with van der Waals surface area (Å²) in [6.07, 6.45) is 0. The maximum atomic E-state index is 5.44. The van der Waals surface area contributed by atoms with Crippen LogP contribution in [0.4, 0.5) is 0 Å². The van der Waals surface area contributed by atoms with Crippen LogP contribution in [-0.2, 0) is 5.75 Å². The van der Waals surface area contributed by atoms with Gasteiger partial charge in [-0.25, -0.2) is 0 Å². The second kappa shape index (κ2) is 8.67. The van der Waals surface area contributed by atoms with Gasteiger partial charge in [-0.15, -0.1) is 24.2 Å². The normalized spacial score (nSPS) is 18.4. The largest absolute Gasteiger partial charge is 0.338 e. The highest BCUT2D eigenvalue weighted by Crippen LogP contribution is 2.30. The summed E-state index contributed by atoms with van der Waals surface area (Å²) in [6.45, 7) is 7.10. The molecule has 5 nitrogen and oxygen atoms in total. The number of benzene rings is 1. The van der Waals surface area contributed by atoms with Gasteiger partial charge in [0.05, 0.1) is 11.8 Å². The Kier molecular flexibility index (Phi) is 7.12. The number of piperazine rings is 1. The number of halogens is 2. The van der Waals surface area contributed by atoms with Gasteiger partial charge in [-0.05, 0) is 44.2 Å². The average Bonchev–Trinajstić information content (AvgIpc) is 2.99. The molecule has 0 spiro atoms. The van der Waals surface area contributed by atoms with Crippen molar-refractivity contribution >= 4 is 40.1 Å². The highest BCUT2D eigenvalue weighted by molar-refractivity contribution is 9.10. The number of nitrogens with zero attached hydrogens (tertiary/aromatic N) is 3. The number of hydrogen-bond acceptors (Lipinski definition) is 6. The van der Waals surface area contributed by atoms with E-state index in [1.54, 1.807) is 11.8 Å². The minimum atomic E-state index is 0. The highest BCUT2D eigenvalue weighted by atomic mass is 79.9. The van der Waals surface area contributed by atoms with E-state index < -0.39 is 0 Å². The van der Waals surface area contributed by atoms with Gasteiger partial charge in [0.1, 0.15) is 0 Å². The fraction of sp³-hybridized carbons (Fsp3) is 0.500. The summed E-state index contributed by atoms with van der Waals surface area (Å²) < 4.78 is 6.58. The highest BCUT2D eigenvalue weighted by Gasteiger charge is 2.25. The van der Waals surface area contributed by atoms with Gasteiger partial charge in [-0.2, -0.15) is 4.98 Å². The van der Waals surface area contributed by atoms with Crippen LogP contribution in [0.25, 0.3) is 0 Å². The summed E-state index contributed by atoms with van der Waals surface area (Å²) in [5.74, 6) is 2.15. The van der Waals surface area contributed by atoms with E-state index in [-0.39, 0.29) is 18.4 Å². The van der Waals surface area contributed by atoms with E-state index in [9.17, 15) is 0 Å². The van der Waals surface area contributed by atoms with Crippen molar-refractivity contribution in [2.24, 2.45) is 0 Å². The first kappa shape index (κ1) is 19.7. The number of aromatic nitrogens is 2. The summed E-state index contributed by atoms with van der Waals surface area (Å²) in [5, 5.41) is 7.54. The van der Waals surface area contributed by atoms with E-state index in [1.807, 2.05) is 0 Å². The van der Waals surface area contributed by atoms with Crippen molar-refractivity contribution in [1.82, 2.24) is 20.4 Å². The molecule has 0 amide bonds. The van der Waals surface area contributed by atoms with Gasteiger partial charge in [0.2, 0.25) is 5.89 Å². The van der Waals surface area contributed by atoms with Gasteiger partial charge >= 0.3 is 0 Å². The molecule has 24 heavy (non-hydrogen) atoms. The van der Waals surface area contributed by atoms with Crippen LogP contribution in [0.2, 0.25) is 0 Å². The summed E-state index contributed by atoms with van der Waals surface area (Å²) in [5.41, 5.74) is 2.49. The van der Waals surface area contributed by atoms with Gasteiger partial charge in [0, 0.05) is 29.0 Å². The Morgan fingerprint density at radius 2 is 2.17 bits per heavy atom. The summed E-state index contributed by atoms with van der Waals surface area (Å²) in [4.78, 5) is 8.10. The molecule has 1 aliphatic rings. The fourth-order valence-electron chi connectivity index (χ4n) is 2.61. The second-order valence-corrected chi connectivity index (χ2v) is 7.77. The Balaban J connectivity index is 0.00000208. The molecular formula is C16H22BrClN4OS. The maximum Gasteiger partial charge on any atom is 0.237 e. The third-order valence-electron chi connectivity index (χ3n) is 4.10. The third kappa shape index (κ3) is 4.52. The van der Waals surface area contributed by atoms with E-state index in [1.165, 1.54) is 16.0 Å². The van der Waals surface area contributed by atoms with Gasteiger partial charge in [-0.3, -0.25) is 4.90 Å².